The van der Waals surface area contributed by atoms with Crippen LogP contribution in [0.2, 0.25) is 0 Å². The van der Waals surface area contributed by atoms with Crippen LogP contribution in [0.1, 0.15) is 11.7 Å². The number of rotatable bonds is 4. The summed E-state index contributed by atoms with van der Waals surface area (Å²) < 4.78 is 39.9. The molecule has 1 unspecified atom stereocenters. The largest absolute Gasteiger partial charge is 0.376 e. The molecule has 0 saturated heterocycles. The summed E-state index contributed by atoms with van der Waals surface area (Å²) in [5, 5.41) is 0. The Hall–Kier alpha value is -0.650. The minimum absolute atomic E-state index is 0.184. The highest BCUT2D eigenvalue weighted by Gasteiger charge is 2.20. The molecular weight excluding hydrogens is 243 g/mol. The van der Waals surface area contributed by atoms with Crippen molar-refractivity contribution in [3.05, 3.63) is 35.6 Å². The van der Waals surface area contributed by atoms with Crippen molar-refractivity contribution in [1.29, 1.82) is 0 Å². The molecule has 0 N–H and O–H groups in total. The van der Waals surface area contributed by atoms with Crippen molar-refractivity contribution in [3.63, 3.8) is 0 Å². The van der Waals surface area contributed by atoms with Gasteiger partial charge in [-0.05, 0) is 6.07 Å². The van der Waals surface area contributed by atoms with Gasteiger partial charge in [0.05, 0.1) is 5.75 Å². The predicted molar refractivity (Wildman–Crippen MR) is 55.8 cm³/mol. The molecule has 0 aliphatic rings. The van der Waals surface area contributed by atoms with Gasteiger partial charge >= 0.3 is 0 Å². The molecule has 0 aliphatic carbocycles. The van der Waals surface area contributed by atoms with Crippen LogP contribution in [0.5, 0.6) is 0 Å². The average Bonchev–Trinajstić information content (AvgIpc) is 2.14. The Morgan fingerprint density at radius 2 is 2.07 bits per heavy atom. The summed E-state index contributed by atoms with van der Waals surface area (Å²) in [7, 11) is 2.66. The highest BCUT2D eigenvalue weighted by atomic mass is 35.7. The zero-order valence-electron chi connectivity index (χ0n) is 7.98. The number of halogens is 2. The second kappa shape index (κ2) is 4.92. The number of hydrogen-bond donors (Lipinski definition) is 0. The monoisotopic (exact) mass is 252 g/mol. The SMILES string of the molecule is COC(CS(=O)(=O)Cl)c1ccccc1F. The Bertz CT molecular complexity index is 433. The summed E-state index contributed by atoms with van der Waals surface area (Å²) in [4.78, 5) is 0. The maximum atomic E-state index is 13.3. The normalized spacial score (nSPS) is 13.8. The van der Waals surface area contributed by atoms with E-state index in [1.165, 1.54) is 25.3 Å². The maximum absolute atomic E-state index is 13.3. The fourth-order valence-electron chi connectivity index (χ4n) is 1.20. The van der Waals surface area contributed by atoms with E-state index in [2.05, 4.69) is 0 Å². The number of benzene rings is 1. The van der Waals surface area contributed by atoms with Gasteiger partial charge in [0.25, 0.3) is 0 Å². The first-order valence-corrected chi connectivity index (χ1v) is 6.61. The lowest BCUT2D eigenvalue weighted by atomic mass is 10.1. The minimum atomic E-state index is -3.72. The van der Waals surface area contributed by atoms with Crippen LogP contribution in [-0.4, -0.2) is 21.3 Å². The van der Waals surface area contributed by atoms with Crippen molar-refractivity contribution in [1.82, 2.24) is 0 Å². The second-order valence-electron chi connectivity index (χ2n) is 2.95. The molecule has 0 saturated carbocycles. The molecule has 1 aromatic carbocycles. The Kier molecular flexibility index (Phi) is 4.07. The van der Waals surface area contributed by atoms with E-state index in [1.54, 1.807) is 6.07 Å². The molecule has 0 radical (unpaired) electrons. The quantitative estimate of drug-likeness (QED) is 0.771. The minimum Gasteiger partial charge on any atom is -0.376 e. The molecule has 0 amide bonds. The lowest BCUT2D eigenvalue weighted by molar-refractivity contribution is 0.119. The Morgan fingerprint density at radius 1 is 1.47 bits per heavy atom. The molecule has 15 heavy (non-hydrogen) atoms. The first-order valence-electron chi connectivity index (χ1n) is 4.13. The summed E-state index contributed by atoms with van der Waals surface area (Å²) in [6.07, 6.45) is -0.881. The molecule has 84 valence electrons. The Labute approximate surface area is 92.2 Å². The van der Waals surface area contributed by atoms with Gasteiger partial charge in [-0.1, -0.05) is 18.2 Å². The van der Waals surface area contributed by atoms with Gasteiger partial charge in [0, 0.05) is 23.4 Å². The van der Waals surface area contributed by atoms with Crippen molar-refractivity contribution >= 4 is 19.7 Å². The standard InChI is InChI=1S/C9H10ClFO3S/c1-14-9(6-15(10,12)13)7-4-2-3-5-8(7)11/h2-5,9H,6H2,1H3. The van der Waals surface area contributed by atoms with E-state index >= 15 is 0 Å². The molecule has 1 aromatic rings. The number of ether oxygens (including phenoxy) is 1. The van der Waals surface area contributed by atoms with Gasteiger partial charge in [0.15, 0.2) is 0 Å². The van der Waals surface area contributed by atoms with Gasteiger partial charge < -0.3 is 4.74 Å². The van der Waals surface area contributed by atoms with Crippen LogP contribution in [0.25, 0.3) is 0 Å². The van der Waals surface area contributed by atoms with Crippen molar-refractivity contribution in [2.24, 2.45) is 0 Å². The van der Waals surface area contributed by atoms with Crippen LogP contribution >= 0.6 is 10.7 Å². The molecule has 0 fully saturated rings. The van der Waals surface area contributed by atoms with Crippen LogP contribution in [0.4, 0.5) is 4.39 Å². The van der Waals surface area contributed by atoms with E-state index in [1.807, 2.05) is 0 Å². The van der Waals surface area contributed by atoms with Crippen LogP contribution in [0.15, 0.2) is 24.3 Å². The molecule has 0 aliphatic heterocycles. The predicted octanol–water partition coefficient (Wildman–Crippen LogP) is 2.08. The van der Waals surface area contributed by atoms with E-state index in [-0.39, 0.29) is 5.56 Å². The molecule has 0 heterocycles. The highest BCUT2D eigenvalue weighted by molar-refractivity contribution is 8.13. The van der Waals surface area contributed by atoms with Gasteiger partial charge in [0.2, 0.25) is 9.05 Å². The molecule has 6 heteroatoms. The summed E-state index contributed by atoms with van der Waals surface area (Å²) in [5.74, 6) is -0.962. The third-order valence-corrected chi connectivity index (χ3v) is 2.97. The molecule has 1 rings (SSSR count). The smallest absolute Gasteiger partial charge is 0.235 e. The fourth-order valence-corrected chi connectivity index (χ4v) is 2.22. The van der Waals surface area contributed by atoms with Gasteiger partial charge in [0.1, 0.15) is 11.9 Å². The first-order chi connectivity index (χ1) is 6.94. The van der Waals surface area contributed by atoms with Crippen LogP contribution < -0.4 is 0 Å². The molecule has 0 spiro atoms. The lowest BCUT2D eigenvalue weighted by Gasteiger charge is -2.14. The lowest BCUT2D eigenvalue weighted by Crippen LogP contribution is -2.13. The van der Waals surface area contributed by atoms with Crippen molar-refractivity contribution < 1.29 is 17.5 Å². The first kappa shape index (κ1) is 12.4. The van der Waals surface area contributed by atoms with E-state index in [4.69, 9.17) is 15.4 Å². The third-order valence-electron chi connectivity index (χ3n) is 1.89. The molecular formula is C9H10ClFO3S. The van der Waals surface area contributed by atoms with Gasteiger partial charge in [-0.2, -0.15) is 0 Å². The van der Waals surface area contributed by atoms with Crippen molar-refractivity contribution in [2.45, 2.75) is 6.10 Å². The number of methoxy groups -OCH3 is 1. The van der Waals surface area contributed by atoms with Crippen LogP contribution in [0, 0.1) is 5.82 Å². The Balaban J connectivity index is 2.98. The second-order valence-corrected chi connectivity index (χ2v) is 5.77. The van der Waals surface area contributed by atoms with Gasteiger partial charge in [-0.15, -0.1) is 0 Å². The third kappa shape index (κ3) is 3.77. The zero-order chi connectivity index (χ0) is 11.5. The summed E-state index contributed by atoms with van der Waals surface area (Å²) in [5.41, 5.74) is 0.184. The van der Waals surface area contributed by atoms with Gasteiger partial charge in [-0.3, -0.25) is 0 Å². The van der Waals surface area contributed by atoms with Gasteiger partial charge in [-0.25, -0.2) is 12.8 Å². The fraction of sp³-hybridized carbons (Fsp3) is 0.333. The maximum Gasteiger partial charge on any atom is 0.235 e. The van der Waals surface area contributed by atoms with Crippen LogP contribution in [-0.2, 0) is 13.8 Å². The van der Waals surface area contributed by atoms with Crippen molar-refractivity contribution in [2.75, 3.05) is 12.9 Å². The van der Waals surface area contributed by atoms with E-state index < -0.39 is 26.7 Å². The summed E-state index contributed by atoms with van der Waals surface area (Å²) in [6.45, 7) is 0. The summed E-state index contributed by atoms with van der Waals surface area (Å²) >= 11 is 0. The van der Waals surface area contributed by atoms with Crippen molar-refractivity contribution in [3.8, 4) is 0 Å². The van der Waals surface area contributed by atoms with E-state index in [0.717, 1.165) is 0 Å². The van der Waals surface area contributed by atoms with E-state index in [0.29, 0.717) is 0 Å². The summed E-state index contributed by atoms with van der Waals surface area (Å²) in [6, 6.07) is 5.82. The molecule has 3 nitrogen and oxygen atoms in total. The van der Waals surface area contributed by atoms with E-state index in [9.17, 15) is 12.8 Å². The zero-order valence-corrected chi connectivity index (χ0v) is 9.56. The number of hydrogen-bond acceptors (Lipinski definition) is 3. The highest BCUT2D eigenvalue weighted by Crippen LogP contribution is 2.22. The van der Waals surface area contributed by atoms with Crippen LogP contribution in [0.3, 0.4) is 0 Å². The molecule has 0 bridgehead atoms. The average molecular weight is 253 g/mol. The topological polar surface area (TPSA) is 43.4 Å². The Morgan fingerprint density at radius 3 is 2.53 bits per heavy atom. The molecule has 1 atom stereocenters. The molecule has 0 aromatic heterocycles.